The molecule has 1 rings (SSSR count). The summed E-state index contributed by atoms with van der Waals surface area (Å²) in [7, 11) is 0. The molecule has 0 saturated heterocycles. The number of rotatable bonds is 4. The third kappa shape index (κ3) is 2.70. The minimum absolute atomic E-state index is 0.0324. The number of carbonyl (C=O) groups is 1. The van der Waals surface area contributed by atoms with E-state index < -0.39 is 0 Å². The molecular formula is C10H15NO2. The largest absolute Gasteiger partial charge is 0.469 e. The third-order valence-electron chi connectivity index (χ3n) is 2.02. The number of Topliss-reactive ketones (excluding diaryl/α,β-unsaturated/α-hetero) is 1. The Bertz CT molecular complexity index is 264. The van der Waals surface area contributed by atoms with Crippen LogP contribution in [0.4, 0.5) is 0 Å². The molecule has 0 radical (unpaired) electrons. The minimum atomic E-state index is -0.384. The van der Waals surface area contributed by atoms with Gasteiger partial charge in [0, 0.05) is 0 Å². The number of furan rings is 1. The van der Waals surface area contributed by atoms with Crippen LogP contribution < -0.4 is 5.73 Å². The van der Waals surface area contributed by atoms with Gasteiger partial charge in [0.05, 0.1) is 18.7 Å². The van der Waals surface area contributed by atoms with Crippen LogP contribution in [0.3, 0.4) is 0 Å². The van der Waals surface area contributed by atoms with E-state index in [1.165, 1.54) is 0 Å². The van der Waals surface area contributed by atoms with Crippen molar-refractivity contribution in [3.63, 3.8) is 0 Å². The fourth-order valence-electron chi connectivity index (χ4n) is 1.07. The number of hydrogen-bond acceptors (Lipinski definition) is 3. The first kappa shape index (κ1) is 9.99. The Morgan fingerprint density at radius 2 is 2.31 bits per heavy atom. The van der Waals surface area contributed by atoms with Crippen molar-refractivity contribution in [2.45, 2.75) is 26.3 Å². The number of nitrogens with two attached hydrogens (primary N) is 1. The van der Waals surface area contributed by atoms with Crippen molar-refractivity contribution in [3.8, 4) is 0 Å². The summed E-state index contributed by atoms with van der Waals surface area (Å²) in [4.78, 5) is 11.5. The maximum absolute atomic E-state index is 11.5. The summed E-state index contributed by atoms with van der Waals surface area (Å²) in [5, 5.41) is 0. The van der Waals surface area contributed by atoms with Gasteiger partial charge < -0.3 is 10.2 Å². The molecule has 1 aromatic heterocycles. The van der Waals surface area contributed by atoms with Crippen LogP contribution in [0.1, 0.15) is 19.6 Å². The normalized spacial score (nSPS) is 13.2. The molecule has 72 valence electrons. The predicted molar refractivity (Wildman–Crippen MR) is 50.2 cm³/mol. The van der Waals surface area contributed by atoms with Crippen LogP contribution in [0.25, 0.3) is 0 Å². The highest BCUT2D eigenvalue weighted by molar-refractivity contribution is 5.85. The summed E-state index contributed by atoms with van der Waals surface area (Å²) in [6, 6.07) is 3.17. The lowest BCUT2D eigenvalue weighted by atomic mass is 9.98. The summed E-state index contributed by atoms with van der Waals surface area (Å²) in [6.07, 6.45) is 1.86. The summed E-state index contributed by atoms with van der Waals surface area (Å²) >= 11 is 0. The number of carbonyl (C=O) groups excluding carboxylic acids is 1. The molecule has 0 bridgehead atoms. The summed E-state index contributed by atoms with van der Waals surface area (Å²) in [6.45, 7) is 3.87. The fourth-order valence-corrected chi connectivity index (χ4v) is 1.07. The quantitative estimate of drug-likeness (QED) is 0.763. The van der Waals surface area contributed by atoms with E-state index in [1.807, 2.05) is 13.8 Å². The minimum Gasteiger partial charge on any atom is -0.469 e. The molecular weight excluding hydrogens is 166 g/mol. The van der Waals surface area contributed by atoms with E-state index in [0.717, 1.165) is 0 Å². The van der Waals surface area contributed by atoms with Gasteiger partial charge in [0.15, 0.2) is 5.78 Å². The van der Waals surface area contributed by atoms with Gasteiger partial charge in [-0.05, 0) is 18.1 Å². The summed E-state index contributed by atoms with van der Waals surface area (Å²) in [5.74, 6) is 0.897. The molecule has 0 spiro atoms. The van der Waals surface area contributed by atoms with Crippen molar-refractivity contribution in [2.24, 2.45) is 11.7 Å². The van der Waals surface area contributed by atoms with Crippen molar-refractivity contribution < 1.29 is 9.21 Å². The maximum Gasteiger partial charge on any atom is 0.157 e. The van der Waals surface area contributed by atoms with E-state index >= 15 is 0 Å². The summed E-state index contributed by atoms with van der Waals surface area (Å²) < 4.78 is 5.06. The molecule has 1 aromatic rings. The highest BCUT2D eigenvalue weighted by Gasteiger charge is 2.18. The van der Waals surface area contributed by atoms with Gasteiger partial charge in [0.1, 0.15) is 5.76 Å². The second-order valence-corrected chi connectivity index (χ2v) is 3.49. The molecule has 0 fully saturated rings. The van der Waals surface area contributed by atoms with Crippen LogP contribution in [0.15, 0.2) is 22.8 Å². The van der Waals surface area contributed by atoms with Crippen LogP contribution in [-0.4, -0.2) is 11.8 Å². The maximum atomic E-state index is 11.5. The lowest BCUT2D eigenvalue weighted by Gasteiger charge is -2.12. The predicted octanol–water partition coefficient (Wildman–Crippen LogP) is 1.37. The van der Waals surface area contributed by atoms with Gasteiger partial charge in [0.25, 0.3) is 0 Å². The van der Waals surface area contributed by atoms with Gasteiger partial charge in [0.2, 0.25) is 0 Å². The molecule has 3 nitrogen and oxygen atoms in total. The highest BCUT2D eigenvalue weighted by Crippen LogP contribution is 2.06. The molecule has 0 aliphatic carbocycles. The van der Waals surface area contributed by atoms with E-state index in [2.05, 4.69) is 0 Å². The average molecular weight is 181 g/mol. The highest BCUT2D eigenvalue weighted by atomic mass is 16.3. The van der Waals surface area contributed by atoms with Crippen molar-refractivity contribution >= 4 is 5.78 Å². The van der Waals surface area contributed by atoms with Crippen molar-refractivity contribution in [1.29, 1.82) is 0 Å². The van der Waals surface area contributed by atoms with Crippen molar-refractivity contribution in [3.05, 3.63) is 24.2 Å². The van der Waals surface area contributed by atoms with Gasteiger partial charge >= 0.3 is 0 Å². The molecule has 13 heavy (non-hydrogen) atoms. The fraction of sp³-hybridized carbons (Fsp3) is 0.500. The van der Waals surface area contributed by atoms with E-state index in [1.54, 1.807) is 18.4 Å². The van der Waals surface area contributed by atoms with Crippen LogP contribution >= 0.6 is 0 Å². The second-order valence-electron chi connectivity index (χ2n) is 3.49. The Kier molecular flexibility index (Phi) is 3.25. The Hall–Kier alpha value is -1.09. The Balaban J connectivity index is 2.51. The Labute approximate surface area is 77.9 Å². The van der Waals surface area contributed by atoms with Gasteiger partial charge in [-0.25, -0.2) is 0 Å². The third-order valence-corrected chi connectivity index (χ3v) is 2.02. The first-order valence-corrected chi connectivity index (χ1v) is 4.42. The zero-order chi connectivity index (χ0) is 9.84. The first-order chi connectivity index (χ1) is 6.11. The zero-order valence-electron chi connectivity index (χ0n) is 7.99. The van der Waals surface area contributed by atoms with E-state index in [0.29, 0.717) is 12.2 Å². The van der Waals surface area contributed by atoms with Gasteiger partial charge in [-0.15, -0.1) is 0 Å². The number of ketones is 1. The summed E-state index contributed by atoms with van der Waals surface area (Å²) in [5.41, 5.74) is 5.69. The van der Waals surface area contributed by atoms with Crippen molar-refractivity contribution in [1.82, 2.24) is 0 Å². The molecule has 0 amide bonds. The van der Waals surface area contributed by atoms with E-state index in [-0.39, 0.29) is 17.7 Å². The molecule has 1 heterocycles. The Morgan fingerprint density at radius 3 is 2.77 bits per heavy atom. The van der Waals surface area contributed by atoms with E-state index in [9.17, 15) is 4.79 Å². The van der Waals surface area contributed by atoms with Crippen LogP contribution in [0.5, 0.6) is 0 Å². The molecule has 1 atom stereocenters. The SMILES string of the molecule is CC(C)C(N)C(=O)Cc1ccco1. The molecule has 0 saturated carbocycles. The molecule has 1 unspecified atom stereocenters. The van der Waals surface area contributed by atoms with Crippen LogP contribution in [0, 0.1) is 5.92 Å². The van der Waals surface area contributed by atoms with Crippen molar-refractivity contribution in [2.75, 3.05) is 0 Å². The number of hydrogen-bond donors (Lipinski definition) is 1. The molecule has 0 aliphatic rings. The standard InChI is InChI=1S/C10H15NO2/c1-7(2)10(11)9(12)6-8-4-3-5-13-8/h3-5,7,10H,6,11H2,1-2H3. The Morgan fingerprint density at radius 1 is 1.62 bits per heavy atom. The second kappa shape index (κ2) is 4.23. The topological polar surface area (TPSA) is 56.2 Å². The lowest BCUT2D eigenvalue weighted by molar-refractivity contribution is -0.120. The van der Waals surface area contributed by atoms with E-state index in [4.69, 9.17) is 10.2 Å². The van der Waals surface area contributed by atoms with Gasteiger partial charge in [-0.2, -0.15) is 0 Å². The van der Waals surface area contributed by atoms with Gasteiger partial charge in [-0.3, -0.25) is 4.79 Å². The first-order valence-electron chi connectivity index (χ1n) is 4.42. The average Bonchev–Trinajstić information content (AvgIpc) is 2.55. The molecule has 0 aliphatic heterocycles. The smallest absolute Gasteiger partial charge is 0.157 e. The van der Waals surface area contributed by atoms with Gasteiger partial charge in [-0.1, -0.05) is 13.8 Å². The molecule has 0 aromatic carbocycles. The lowest BCUT2D eigenvalue weighted by Crippen LogP contribution is -2.36. The van der Waals surface area contributed by atoms with Crippen LogP contribution in [-0.2, 0) is 11.2 Å². The zero-order valence-corrected chi connectivity index (χ0v) is 7.99. The monoisotopic (exact) mass is 181 g/mol. The van der Waals surface area contributed by atoms with Crippen LogP contribution in [0.2, 0.25) is 0 Å². The molecule has 2 N–H and O–H groups in total. The molecule has 3 heteroatoms.